The smallest absolute Gasteiger partial charge is 0.207 e. The Morgan fingerprint density at radius 2 is 0.262 bits per heavy atom. The van der Waals surface area contributed by atoms with Gasteiger partial charge in [0.15, 0.2) is 140 Å². The fourth-order valence-electron chi connectivity index (χ4n) is 13.5. The third-order valence-electron chi connectivity index (χ3n) is 18.4. The van der Waals surface area contributed by atoms with E-state index in [1.165, 1.54) is 53.5 Å². The van der Waals surface area contributed by atoms with Crippen LogP contribution in [0.5, 0.6) is 0 Å². The van der Waals surface area contributed by atoms with Gasteiger partial charge in [0.25, 0.3) is 0 Å². The molecule has 0 bridgehead atoms. The molecule has 0 aliphatic carbocycles. The largest absolute Gasteiger partial charge is 0.241 e. The fourth-order valence-corrected chi connectivity index (χ4v) is 15.3. The van der Waals surface area contributed by atoms with E-state index in [9.17, 15) is 105 Å². The monoisotopic (exact) mass is 1820 g/mol. The Hall–Kier alpha value is -11.5. The van der Waals surface area contributed by atoms with Gasteiger partial charge in [0.1, 0.15) is 105 Å². The summed E-state index contributed by atoms with van der Waals surface area (Å²) in [6.07, 6.45) is -14.4. The molecule has 0 amide bonds. The normalized spacial score (nSPS) is 11.6. The van der Waals surface area contributed by atoms with Crippen molar-refractivity contribution in [3.8, 4) is 0 Å². The van der Waals surface area contributed by atoms with Crippen molar-refractivity contribution in [3.63, 3.8) is 0 Å². The average molecular weight is 1820 g/mol. The molecule has 0 aliphatic rings. The summed E-state index contributed by atoms with van der Waals surface area (Å²) < 4.78 is 588. The first kappa shape index (κ1) is 94.4. The Morgan fingerprint density at radius 1 is 0.156 bits per heavy atom. The molecule has 0 spiro atoms. The summed E-state index contributed by atoms with van der Waals surface area (Å²) in [4.78, 5) is 0. The fraction of sp³-hybridized carbons (Fsp3) is 0.0769. The average Bonchev–Trinajstić information content (AvgIpc) is 0.684. The lowest BCUT2D eigenvalue weighted by Gasteiger charge is -2.44. The molecule has 0 aromatic heterocycles. The lowest BCUT2D eigenvalue weighted by atomic mass is 9.12. The summed E-state index contributed by atoms with van der Waals surface area (Å²) in [6, 6.07) is 29.8. The first-order chi connectivity index (χ1) is 56.7. The molecule has 0 atom stereocenters. The van der Waals surface area contributed by atoms with Crippen molar-refractivity contribution in [2.75, 3.05) is 0 Å². The molecule has 0 fully saturated rings. The van der Waals surface area contributed by atoms with Gasteiger partial charge in [0, 0.05) is 46.5 Å². The number of benzene rings is 12. The molecule has 12 aromatic rings. The van der Waals surface area contributed by atoms with Gasteiger partial charge >= 0.3 is 0 Å². The first-order valence-electron chi connectivity index (χ1n) is 32.8. The third-order valence-corrected chi connectivity index (χ3v) is 21.0. The van der Waals surface area contributed by atoms with E-state index < -0.39 is 289 Å². The Kier molecular flexibility index (Phi) is 27.5. The van der Waals surface area contributed by atoms with E-state index in [2.05, 4.69) is 136 Å². The summed E-state index contributed by atoms with van der Waals surface area (Å²) in [5.41, 5.74) is -20.6. The van der Waals surface area contributed by atoms with E-state index in [0.29, 0.717) is 0 Å². The van der Waals surface area contributed by atoms with Crippen molar-refractivity contribution in [3.05, 3.63) is 371 Å². The minimum atomic E-state index is -7.22. The van der Waals surface area contributed by atoms with E-state index in [1.54, 1.807) is 0 Å². The van der Waals surface area contributed by atoms with Crippen molar-refractivity contribution < 1.29 is 197 Å². The molecule has 0 heterocycles. The zero-order valence-electron chi connectivity index (χ0n) is 60.1. The summed E-state index contributed by atoms with van der Waals surface area (Å²) in [5.74, 6) is -143. The maximum absolute atomic E-state index is 15.4. The minimum Gasteiger partial charge on any atom is -0.207 e. The van der Waals surface area contributed by atoms with Gasteiger partial charge in [-0.3, -0.25) is 0 Å². The zero-order valence-corrected chi connectivity index (χ0v) is 61.6. The molecule has 0 saturated heterocycles. The molecule has 0 saturated carbocycles. The lowest BCUT2D eigenvalue weighted by Crippen LogP contribution is -2.81. The van der Waals surface area contributed by atoms with E-state index in [-0.39, 0.29) is 0 Å². The molecule has 0 N–H and O–H groups in total. The van der Waals surface area contributed by atoms with Crippen LogP contribution in [-0.2, 0) is 0 Å². The van der Waals surface area contributed by atoms with Crippen molar-refractivity contribution in [1.82, 2.24) is 0 Å². The van der Waals surface area contributed by atoms with Crippen LogP contribution in [0.3, 0.4) is 0 Å². The Balaban J connectivity index is 0.000000204. The van der Waals surface area contributed by atoms with Crippen LogP contribution < -0.4 is 43.7 Å². The van der Waals surface area contributed by atoms with Gasteiger partial charge in [-0.25, -0.2) is 176 Å². The predicted octanol–water partition coefficient (Wildman–Crippen LogP) is 20.1. The quantitative estimate of drug-likeness (QED) is 0.0495. The predicted molar refractivity (Wildman–Crippen MR) is 349 cm³/mol. The molecule has 0 unspecified atom stereocenters. The highest BCUT2D eigenvalue weighted by molar-refractivity contribution is 7.21. The molecule has 44 heteroatoms. The Labute approximate surface area is 663 Å². The molecule has 0 aliphatic heterocycles. The number of hydrogen-bond acceptors (Lipinski definition) is 0. The highest BCUT2D eigenvalue weighted by Gasteiger charge is 2.55. The Morgan fingerprint density at radius 3 is 0.377 bits per heavy atom. The highest BCUT2D eigenvalue weighted by atomic mass is 35.5. The first-order valence-corrected chi connectivity index (χ1v) is 34.3. The molecule has 0 radical (unpaired) electrons. The van der Waals surface area contributed by atoms with E-state index >= 15 is 70.2 Å². The van der Waals surface area contributed by atoms with E-state index in [1.807, 2.05) is 12.1 Å². The molecule has 0 nitrogen and oxygen atoms in total. The summed E-state index contributed by atoms with van der Waals surface area (Å²) in [5, 5.41) is 5.16. The van der Waals surface area contributed by atoms with Crippen molar-refractivity contribution in [1.29, 1.82) is 0 Å². The molecule has 644 valence electrons. The second-order valence-electron chi connectivity index (χ2n) is 25.8. The van der Waals surface area contributed by atoms with Crippen LogP contribution >= 0.6 is 0 Å². The molecule has 122 heavy (non-hydrogen) atoms. The van der Waals surface area contributed by atoms with Crippen LogP contribution in [0.1, 0.15) is 33.4 Å². The number of aryl methyl sites for hydroxylation is 6. The van der Waals surface area contributed by atoms with E-state index in [4.69, 9.17) is 0 Å². The summed E-state index contributed by atoms with van der Waals surface area (Å²) in [7, 11) is 4.78. The van der Waals surface area contributed by atoms with Crippen LogP contribution in [0.4, 0.5) is 176 Å². The van der Waals surface area contributed by atoms with Crippen LogP contribution in [0.25, 0.3) is 0 Å². The number of rotatable bonds is 12. The minimum absolute atomic E-state index is 1.25. The van der Waals surface area contributed by atoms with Gasteiger partial charge in [-0.05, 0) is 41.5 Å². The number of halogens is 42. The second kappa shape index (κ2) is 35.6. The topological polar surface area (TPSA) is 0 Å². The van der Waals surface area contributed by atoms with Crippen molar-refractivity contribution in [2.24, 2.45) is 0 Å². The molecular weight excluding hydrogens is 1790 g/mol. The van der Waals surface area contributed by atoms with Gasteiger partial charge in [-0.2, -0.15) is 0 Å². The van der Waals surface area contributed by atoms with Crippen LogP contribution in [-0.4, -0.2) is 12.3 Å². The van der Waals surface area contributed by atoms with Crippen LogP contribution in [0.2, 0.25) is 20.1 Å². The van der Waals surface area contributed by atoms with Crippen LogP contribution in [0, 0.1) is 296 Å². The van der Waals surface area contributed by atoms with Crippen molar-refractivity contribution >= 4 is 56.0 Å². The zero-order chi connectivity index (χ0) is 91.8. The van der Waals surface area contributed by atoms with Gasteiger partial charge < -0.3 is 0 Å². The second-order valence-corrected chi connectivity index (χ2v) is 27.8. The SMILES string of the molecule is Cc1cc(C)c([Cl+]c2ccccc2)c(C)c1.Cc1cc(C)c([Cl+]c2ccccc2)c(C)c1.Fc1c(F)c(F)c([B-](c2c(F)c(F)c(F)c(F)c2F)(c2c(F)c(F)c(F)c(F)c2F)c2c(F)c(F)c(F)c(F)c2F)c(F)c1F.Fc1c(F)c(F)c([B-](c2c(F)c(F)c(F)c(F)c2F)(c2c(F)c(F)c(F)c(F)c2F)c2c(F)c(F)c(F)c(F)c2F)c(F)c1F. The van der Waals surface area contributed by atoms with Gasteiger partial charge in [-0.1, -0.05) is 71.8 Å². The summed E-state index contributed by atoms with van der Waals surface area (Å²) >= 11 is 0. The highest BCUT2D eigenvalue weighted by Crippen LogP contribution is 2.36. The maximum Gasteiger partial charge on any atom is 0.241 e. The summed E-state index contributed by atoms with van der Waals surface area (Å²) in [6.45, 7) is 13.0. The van der Waals surface area contributed by atoms with Crippen molar-refractivity contribution in [2.45, 2.75) is 41.5 Å². The standard InChI is InChI=1S/2C24BF20.2C15H16Cl/c2*26-5-1(6(27)14(35)21(42)13(5)34)25(2-7(28)15(36)22(43)16(37)8(2)29,3-9(30)17(38)23(44)18(39)10(3)31)4-11(32)19(40)24(45)20(41)12(4)33;2*1-11-9-12(2)15(13(3)10-11)16-14-7-5-4-6-8-14/h;;2*4-10H,1-3H3/q2*-1;2*+1. The maximum atomic E-state index is 15.4. The lowest BCUT2D eigenvalue weighted by molar-refractivity contribution is -0.536. The van der Waals surface area contributed by atoms with Gasteiger partial charge in [0.05, 0.1) is 0 Å². The van der Waals surface area contributed by atoms with E-state index in [0.717, 1.165) is 0 Å². The van der Waals surface area contributed by atoms with Crippen LogP contribution in [0.15, 0.2) is 84.9 Å². The van der Waals surface area contributed by atoms with Gasteiger partial charge in [-0.15, -0.1) is 43.7 Å². The Bertz CT molecular complexity index is 5080. The molecule has 12 aromatic carbocycles. The molecule has 12 rings (SSSR count). The van der Waals surface area contributed by atoms with Gasteiger partial charge in [0.2, 0.25) is 41.7 Å². The number of hydrogen-bond donors (Lipinski definition) is 0. The third kappa shape index (κ3) is 15.5. The molecular formula is C78H32B2Cl2F40.